The maximum atomic E-state index is 6.25. The van der Waals surface area contributed by atoms with E-state index in [-0.39, 0.29) is 0 Å². The minimum Gasteiger partial charge on any atom is -0.380 e. The van der Waals surface area contributed by atoms with Crippen LogP contribution >= 0.6 is 0 Å². The van der Waals surface area contributed by atoms with Crippen molar-refractivity contribution >= 4 is 72.8 Å². The van der Waals surface area contributed by atoms with Crippen molar-refractivity contribution in [1.82, 2.24) is 0 Å². The maximum absolute atomic E-state index is 6.25. The summed E-state index contributed by atoms with van der Waals surface area (Å²) in [5, 5.41) is 0. The second-order valence-corrected chi connectivity index (χ2v) is 128. The summed E-state index contributed by atoms with van der Waals surface area (Å²) >= 11 is 0. The molecule has 0 aromatic heterocycles. The van der Waals surface area contributed by atoms with Crippen molar-refractivity contribution in [2.24, 2.45) is 0 Å². The van der Waals surface area contributed by atoms with Crippen LogP contribution in [0.5, 0.6) is 0 Å². The summed E-state index contributed by atoms with van der Waals surface area (Å²) in [6, 6.07) is 0. The molecule has 3 nitrogen and oxygen atoms in total. The van der Waals surface area contributed by atoms with Crippen LogP contribution in [0.3, 0.4) is 0 Å². The molecule has 0 saturated carbocycles. The molecular formula is C22H66O3Si10. The molecule has 0 heterocycles. The van der Waals surface area contributed by atoms with Crippen molar-refractivity contribution < 1.29 is 13.3 Å². The molecule has 0 N–H and O–H groups in total. The standard InChI is InChI=1S/C22H66O3Si10/c1-23-35(24-2,25-3)34(21,22)33(19,20)32(17,18)31(15,16)30(13,14)29(11,12)28(9,10)27(7,8)26(4,5)6/h1-22H3. The average molecular weight is 660 g/mol. The van der Waals surface area contributed by atoms with Crippen LogP contribution in [-0.2, 0) is 13.3 Å². The van der Waals surface area contributed by atoms with Crippen molar-refractivity contribution in [3.8, 4) is 0 Å². The minimum absolute atomic E-state index is 1.16. The van der Waals surface area contributed by atoms with Gasteiger partial charge < -0.3 is 13.3 Å². The second kappa shape index (κ2) is 10.5. The average Bonchev–Trinajstić information content (AvgIpc) is 2.67. The molecule has 0 aromatic rings. The molecule has 0 rings (SSSR count). The van der Waals surface area contributed by atoms with Gasteiger partial charge in [-0.2, -0.15) is 0 Å². The molecule has 0 spiro atoms. The SMILES string of the molecule is CO[Si](OC)(OC)[Si](C)(C)[Si](C)(C)[Si](C)(C)[Si](C)(C)[Si](C)(C)[Si](C)(C)[Si](C)(C)[Si](C)(C)[Si](C)(C)C. The Morgan fingerprint density at radius 1 is 0.257 bits per heavy atom. The molecule has 0 aromatic carbocycles. The van der Waals surface area contributed by atoms with Gasteiger partial charge in [0.05, 0.1) is 0 Å². The Hall–Kier alpha value is 2.05. The molecule has 13 heteroatoms. The van der Waals surface area contributed by atoms with E-state index in [9.17, 15) is 0 Å². The fourth-order valence-electron chi connectivity index (χ4n) is 7.02. The molecule has 0 amide bonds. The zero-order valence-electron chi connectivity index (χ0n) is 28.2. The van der Waals surface area contributed by atoms with Crippen LogP contribution in [0.1, 0.15) is 0 Å². The Morgan fingerprint density at radius 2 is 0.429 bits per heavy atom. The molecule has 0 bridgehead atoms. The van der Waals surface area contributed by atoms with Gasteiger partial charge in [0.15, 0.2) is 0 Å². The highest BCUT2D eigenvalue weighted by Gasteiger charge is 2.74. The van der Waals surface area contributed by atoms with Gasteiger partial charge in [0, 0.05) is 78.7 Å². The first-order valence-electron chi connectivity index (χ1n) is 13.6. The first kappa shape index (κ1) is 37.0. The lowest BCUT2D eigenvalue weighted by Crippen LogP contribution is -2.95. The van der Waals surface area contributed by atoms with E-state index in [4.69, 9.17) is 13.3 Å². The predicted octanol–water partition coefficient (Wildman–Crippen LogP) is 7.58. The van der Waals surface area contributed by atoms with Crippen LogP contribution in [0.2, 0.25) is 124 Å². The Kier molecular flexibility index (Phi) is 11.1. The molecule has 0 unspecified atom stereocenters. The van der Waals surface area contributed by atoms with Gasteiger partial charge in [-0.15, -0.1) is 0 Å². The van der Waals surface area contributed by atoms with Crippen LogP contribution in [0.4, 0.5) is 0 Å². The van der Waals surface area contributed by atoms with E-state index in [1.54, 1.807) is 0 Å². The quantitative estimate of drug-likeness (QED) is 0.202. The van der Waals surface area contributed by atoms with Crippen molar-refractivity contribution in [2.75, 3.05) is 21.3 Å². The lowest BCUT2D eigenvalue weighted by molar-refractivity contribution is 0.146. The lowest BCUT2D eigenvalue weighted by atomic mass is 11.8. The molecule has 0 aliphatic rings. The fraction of sp³-hybridized carbons (Fsp3) is 1.00. The molecule has 0 radical (unpaired) electrons. The number of hydrogen-bond acceptors (Lipinski definition) is 3. The normalized spacial score (nSPS) is 16.6. The highest BCUT2D eigenvalue weighted by atomic mass is 30.1. The summed E-state index contributed by atoms with van der Waals surface area (Å²) in [6.45, 7) is 53.3. The van der Waals surface area contributed by atoms with Gasteiger partial charge in [0.25, 0.3) is 0 Å². The van der Waals surface area contributed by atoms with Crippen molar-refractivity contribution in [1.29, 1.82) is 0 Å². The van der Waals surface area contributed by atoms with Crippen LogP contribution in [-0.4, -0.2) is 94.1 Å². The summed E-state index contributed by atoms with van der Waals surface area (Å²) < 4.78 is 18.8. The molecule has 0 saturated heterocycles. The van der Waals surface area contributed by atoms with Crippen molar-refractivity contribution in [2.45, 2.75) is 124 Å². The predicted molar refractivity (Wildman–Crippen MR) is 190 cm³/mol. The first-order valence-corrected chi connectivity index (χ1v) is 51.8. The minimum atomic E-state index is -2.66. The van der Waals surface area contributed by atoms with Crippen LogP contribution in [0.25, 0.3) is 0 Å². The van der Waals surface area contributed by atoms with E-state index >= 15 is 0 Å². The Labute approximate surface area is 230 Å². The zero-order chi connectivity index (χ0) is 29.1. The van der Waals surface area contributed by atoms with Gasteiger partial charge in [0.2, 0.25) is 0 Å². The van der Waals surface area contributed by atoms with Crippen LogP contribution < -0.4 is 0 Å². The first-order chi connectivity index (χ1) is 14.9. The zero-order valence-corrected chi connectivity index (χ0v) is 38.2. The van der Waals surface area contributed by atoms with Crippen molar-refractivity contribution in [3.05, 3.63) is 0 Å². The highest BCUT2D eigenvalue weighted by Crippen LogP contribution is 2.47. The summed E-state index contributed by atoms with van der Waals surface area (Å²) in [5.41, 5.74) is 0. The monoisotopic (exact) mass is 658 g/mol. The molecular weight excluding hydrogens is 593 g/mol. The van der Waals surface area contributed by atoms with Gasteiger partial charge in [-0.1, -0.05) is 124 Å². The van der Waals surface area contributed by atoms with Gasteiger partial charge in [-0.25, -0.2) is 0 Å². The van der Waals surface area contributed by atoms with E-state index < -0.39 is 72.8 Å². The lowest BCUT2D eigenvalue weighted by Gasteiger charge is -2.67. The van der Waals surface area contributed by atoms with E-state index in [0.717, 1.165) is 0 Å². The molecule has 212 valence electrons. The molecule has 0 aliphatic carbocycles. The number of rotatable bonds is 12. The summed E-state index contributed by atoms with van der Waals surface area (Å²) in [7, 11) is -10.6. The van der Waals surface area contributed by atoms with E-state index in [0.29, 0.717) is 0 Å². The summed E-state index contributed by atoms with van der Waals surface area (Å²) in [5.74, 6) is 0. The van der Waals surface area contributed by atoms with E-state index in [1.807, 2.05) is 21.3 Å². The Bertz CT molecular complexity index is 701. The fourth-order valence-corrected chi connectivity index (χ4v) is 308. The van der Waals surface area contributed by atoms with Crippen LogP contribution in [0.15, 0.2) is 0 Å². The van der Waals surface area contributed by atoms with Crippen molar-refractivity contribution in [3.63, 3.8) is 0 Å². The third kappa shape index (κ3) is 4.93. The molecule has 0 atom stereocenters. The highest BCUT2D eigenvalue weighted by molar-refractivity contribution is 8.06. The van der Waals surface area contributed by atoms with E-state index in [2.05, 4.69) is 124 Å². The Morgan fingerprint density at radius 3 is 0.600 bits per heavy atom. The topological polar surface area (TPSA) is 27.7 Å². The third-order valence-electron chi connectivity index (χ3n) is 14.4. The van der Waals surface area contributed by atoms with Gasteiger partial charge in [-0.3, -0.25) is 0 Å². The molecule has 0 aliphatic heterocycles. The summed E-state index contributed by atoms with van der Waals surface area (Å²) in [4.78, 5) is 0. The number of hydrogen-bond donors (Lipinski definition) is 0. The second-order valence-electron chi connectivity index (χ2n) is 16.4. The maximum Gasteiger partial charge on any atom is 0.465 e. The molecule has 0 fully saturated rings. The smallest absolute Gasteiger partial charge is 0.380 e. The molecule has 35 heavy (non-hydrogen) atoms. The largest absolute Gasteiger partial charge is 0.465 e. The van der Waals surface area contributed by atoms with Crippen LogP contribution in [0, 0.1) is 0 Å². The van der Waals surface area contributed by atoms with Gasteiger partial charge in [0.1, 0.15) is 7.11 Å². The third-order valence-corrected chi connectivity index (χ3v) is 230. The summed E-state index contributed by atoms with van der Waals surface area (Å²) in [6.07, 6.45) is 0. The Balaban J connectivity index is 7.14. The van der Waals surface area contributed by atoms with E-state index in [1.165, 1.54) is 0 Å². The van der Waals surface area contributed by atoms with Gasteiger partial charge >= 0.3 is 8.32 Å². The van der Waals surface area contributed by atoms with Gasteiger partial charge in [-0.05, 0) is 0 Å².